The Hall–Kier alpha value is -3.70. The van der Waals surface area contributed by atoms with E-state index in [1.54, 1.807) is 22.7 Å². The van der Waals surface area contributed by atoms with Gasteiger partial charge in [-0.15, -0.1) is 22.7 Å². The maximum Gasteiger partial charge on any atom is 0.151 e. The first-order valence-electron chi connectivity index (χ1n) is 14.3. The number of anilines is 2. The number of nitrogen functional groups attached to an aromatic ring is 2. The Kier molecular flexibility index (Phi) is 7.25. The second kappa shape index (κ2) is 11.1. The fourth-order valence-corrected chi connectivity index (χ4v) is 8.49. The summed E-state index contributed by atoms with van der Waals surface area (Å²) in [5.41, 5.74) is 19.2. The number of pyridine rings is 2. The van der Waals surface area contributed by atoms with E-state index >= 15 is 0 Å². The van der Waals surface area contributed by atoms with E-state index < -0.39 is 6.10 Å². The number of thiazole rings is 2. The number of rotatable bonds is 7. The summed E-state index contributed by atoms with van der Waals surface area (Å²) >= 11 is 7.00. The lowest BCUT2D eigenvalue weighted by Gasteiger charge is -2.16. The van der Waals surface area contributed by atoms with Crippen LogP contribution in [0.3, 0.4) is 0 Å². The lowest BCUT2D eigenvalue weighted by molar-refractivity contribution is 0.221. The van der Waals surface area contributed by atoms with Gasteiger partial charge in [0.1, 0.15) is 17.1 Å². The molecule has 5 N–H and O–H groups in total. The minimum Gasteiger partial charge on any atom is -0.384 e. The molecule has 7 rings (SSSR count). The summed E-state index contributed by atoms with van der Waals surface area (Å²) < 4.78 is 2.92. The van der Waals surface area contributed by atoms with Gasteiger partial charge in [-0.2, -0.15) is 0 Å². The summed E-state index contributed by atoms with van der Waals surface area (Å²) in [6, 6.07) is 18.2. The lowest BCUT2D eigenvalue weighted by Crippen LogP contribution is -2.03. The molecular weight excluding hydrogens is 640 g/mol. The number of benzene rings is 3. The van der Waals surface area contributed by atoms with E-state index in [1.807, 2.05) is 42.5 Å². The van der Waals surface area contributed by atoms with E-state index in [0.29, 0.717) is 22.7 Å². The molecule has 0 aliphatic heterocycles. The zero-order valence-corrected chi connectivity index (χ0v) is 26.9. The summed E-state index contributed by atoms with van der Waals surface area (Å²) in [5.74, 6) is 0.846. The van der Waals surface area contributed by atoms with Crippen molar-refractivity contribution in [3.63, 3.8) is 0 Å². The van der Waals surface area contributed by atoms with Crippen molar-refractivity contribution in [3.8, 4) is 11.1 Å². The van der Waals surface area contributed by atoms with Crippen LogP contribution in [0.2, 0.25) is 0 Å². The van der Waals surface area contributed by atoms with Crippen molar-refractivity contribution in [1.29, 1.82) is 0 Å². The number of aryl methyl sites for hydroxylation is 2. The molecule has 1 atom stereocenters. The van der Waals surface area contributed by atoms with Crippen LogP contribution in [0.15, 0.2) is 59.1 Å². The first kappa shape index (κ1) is 28.1. The van der Waals surface area contributed by atoms with Gasteiger partial charge in [-0.25, -0.2) is 19.9 Å². The maximum absolute atomic E-state index is 11.8. The average Bonchev–Trinajstić information content (AvgIpc) is 3.63. The van der Waals surface area contributed by atoms with Crippen LogP contribution in [0.4, 0.5) is 11.6 Å². The number of aliphatic hydroxyl groups excluding tert-OH is 1. The second-order valence-corrected chi connectivity index (χ2v) is 13.8. The Morgan fingerprint density at radius 2 is 1.40 bits per heavy atom. The van der Waals surface area contributed by atoms with Crippen LogP contribution in [-0.2, 0) is 12.8 Å². The number of halogens is 1. The molecule has 10 heteroatoms. The molecule has 7 aromatic rings. The molecule has 0 radical (unpaired) electrons. The van der Waals surface area contributed by atoms with E-state index in [9.17, 15) is 5.11 Å². The predicted molar refractivity (Wildman–Crippen MR) is 184 cm³/mol. The number of hydrogen-bond donors (Lipinski definition) is 3. The van der Waals surface area contributed by atoms with Gasteiger partial charge in [0.2, 0.25) is 0 Å². The third-order valence-electron chi connectivity index (χ3n) is 7.65. The summed E-state index contributed by atoms with van der Waals surface area (Å²) in [6.07, 6.45) is 2.92. The quantitative estimate of drug-likeness (QED) is 0.155. The molecular formula is C33H29BrN6OS2. The highest BCUT2D eigenvalue weighted by molar-refractivity contribution is 9.10. The standard InChI is InChI=1S/C33H29BrN6OS2/c1-3-6-24-38-27-30(42-24)20-13-17(10-11-23(20)37-32(27)35)16-8-5-9-18(12-16)29(41)21-14-19(34)15-22-26(21)40-33(36)28-31(22)43-25(39-28)7-4-2/h5,8-15,29,41H,3-4,6-7H2,1-2H3,(H2,35,37)(H2,36,40). The van der Waals surface area contributed by atoms with Crippen LogP contribution in [0.25, 0.3) is 53.4 Å². The smallest absolute Gasteiger partial charge is 0.151 e. The maximum atomic E-state index is 11.8. The van der Waals surface area contributed by atoms with Gasteiger partial charge in [0.15, 0.2) is 11.6 Å². The molecule has 43 heavy (non-hydrogen) atoms. The molecule has 0 saturated carbocycles. The third-order valence-corrected chi connectivity index (χ3v) is 10.4. The molecule has 0 aliphatic carbocycles. The predicted octanol–water partition coefficient (Wildman–Crippen LogP) is 8.58. The van der Waals surface area contributed by atoms with Crippen molar-refractivity contribution in [1.82, 2.24) is 19.9 Å². The Morgan fingerprint density at radius 1 is 0.744 bits per heavy atom. The number of nitrogens with two attached hydrogens (primary N) is 2. The first-order valence-corrected chi connectivity index (χ1v) is 16.7. The summed E-state index contributed by atoms with van der Waals surface area (Å²) in [6.45, 7) is 4.29. The molecule has 0 amide bonds. The Bertz CT molecular complexity index is 2190. The highest BCUT2D eigenvalue weighted by atomic mass is 79.9. The van der Waals surface area contributed by atoms with E-state index in [1.165, 1.54) is 0 Å². The lowest BCUT2D eigenvalue weighted by atomic mass is 9.95. The summed E-state index contributed by atoms with van der Waals surface area (Å²) in [7, 11) is 0. The van der Waals surface area contributed by atoms with Crippen LogP contribution >= 0.6 is 38.6 Å². The van der Waals surface area contributed by atoms with Crippen LogP contribution in [0.5, 0.6) is 0 Å². The second-order valence-electron chi connectivity index (χ2n) is 10.7. The van der Waals surface area contributed by atoms with Crippen molar-refractivity contribution in [2.75, 3.05) is 11.5 Å². The van der Waals surface area contributed by atoms with Crippen LogP contribution in [-0.4, -0.2) is 25.0 Å². The molecule has 4 heterocycles. The number of fused-ring (bicyclic) bond motifs is 6. The third kappa shape index (κ3) is 4.92. The molecule has 216 valence electrons. The largest absolute Gasteiger partial charge is 0.384 e. The topological polar surface area (TPSA) is 124 Å². The van der Waals surface area contributed by atoms with Gasteiger partial charge in [0, 0.05) is 20.8 Å². The van der Waals surface area contributed by atoms with Gasteiger partial charge in [-0.3, -0.25) is 0 Å². The molecule has 0 spiro atoms. The molecule has 0 fully saturated rings. The fraction of sp³-hybridized carbons (Fsp3) is 0.212. The van der Waals surface area contributed by atoms with Crippen molar-refractivity contribution >= 4 is 92.5 Å². The van der Waals surface area contributed by atoms with Gasteiger partial charge in [-0.1, -0.05) is 54.0 Å². The highest BCUT2D eigenvalue weighted by Gasteiger charge is 2.21. The molecule has 0 aliphatic rings. The highest BCUT2D eigenvalue weighted by Crippen LogP contribution is 2.40. The van der Waals surface area contributed by atoms with E-state index in [0.717, 1.165) is 93.6 Å². The minimum atomic E-state index is -0.918. The average molecular weight is 670 g/mol. The summed E-state index contributed by atoms with van der Waals surface area (Å²) in [4.78, 5) is 18.9. The number of nitrogens with zero attached hydrogens (tertiary/aromatic N) is 4. The first-order chi connectivity index (χ1) is 20.8. The number of aromatic nitrogens is 4. The van der Waals surface area contributed by atoms with Crippen LogP contribution in [0, 0.1) is 0 Å². The molecule has 0 saturated heterocycles. The Labute approximate surface area is 264 Å². The SMILES string of the molecule is CCCc1nc2c(N)nc3ccc(-c4cccc(C(O)c5cc(Br)cc6c5nc(N)c5nc(CCC)sc56)c4)cc3c2s1. The van der Waals surface area contributed by atoms with Crippen molar-refractivity contribution in [2.24, 2.45) is 0 Å². The molecule has 7 nitrogen and oxygen atoms in total. The Balaban J connectivity index is 1.33. The zero-order chi connectivity index (χ0) is 29.8. The Morgan fingerprint density at radius 3 is 2.09 bits per heavy atom. The fourth-order valence-electron chi connectivity index (χ4n) is 5.63. The van der Waals surface area contributed by atoms with Crippen molar-refractivity contribution < 1.29 is 5.11 Å². The van der Waals surface area contributed by atoms with E-state index in [2.05, 4.69) is 46.9 Å². The molecule has 1 unspecified atom stereocenters. The van der Waals surface area contributed by atoms with E-state index in [4.69, 9.17) is 26.4 Å². The van der Waals surface area contributed by atoms with Crippen LogP contribution in [0.1, 0.15) is 53.9 Å². The van der Waals surface area contributed by atoms with Crippen molar-refractivity contribution in [2.45, 2.75) is 45.6 Å². The normalized spacial score (nSPS) is 12.7. The van der Waals surface area contributed by atoms with E-state index in [-0.39, 0.29) is 0 Å². The van der Waals surface area contributed by atoms with Gasteiger partial charge in [0.25, 0.3) is 0 Å². The summed E-state index contributed by atoms with van der Waals surface area (Å²) in [5, 5.41) is 15.9. The van der Waals surface area contributed by atoms with Gasteiger partial charge in [-0.05, 0) is 72.7 Å². The monoisotopic (exact) mass is 668 g/mol. The van der Waals surface area contributed by atoms with Gasteiger partial charge >= 0.3 is 0 Å². The molecule has 0 bridgehead atoms. The molecule has 4 aromatic heterocycles. The van der Waals surface area contributed by atoms with Crippen molar-refractivity contribution in [3.05, 3.63) is 80.2 Å². The zero-order valence-electron chi connectivity index (χ0n) is 23.7. The minimum absolute atomic E-state index is 0.382. The van der Waals surface area contributed by atoms with Gasteiger partial charge in [0.05, 0.1) is 30.4 Å². The number of aliphatic hydroxyl groups is 1. The van der Waals surface area contributed by atoms with Crippen LogP contribution < -0.4 is 11.5 Å². The number of hydrogen-bond acceptors (Lipinski definition) is 9. The molecule has 3 aromatic carbocycles. The van der Waals surface area contributed by atoms with Gasteiger partial charge < -0.3 is 16.6 Å².